The van der Waals surface area contributed by atoms with Crippen molar-refractivity contribution in [2.45, 2.75) is 45.3 Å². The first kappa shape index (κ1) is 46.6. The van der Waals surface area contributed by atoms with Gasteiger partial charge in [-0.2, -0.15) is 0 Å². The highest BCUT2D eigenvalue weighted by Gasteiger charge is 2.25. The largest absolute Gasteiger partial charge is 0.393 e. The van der Waals surface area contributed by atoms with Gasteiger partial charge in [0.25, 0.3) is 11.8 Å². The fourth-order valence-electron chi connectivity index (χ4n) is 4.22. The molecule has 0 aliphatic rings. The van der Waals surface area contributed by atoms with Crippen LogP contribution in [0.25, 0.3) is 0 Å². The van der Waals surface area contributed by atoms with E-state index in [2.05, 4.69) is 53.5 Å². The summed E-state index contributed by atoms with van der Waals surface area (Å²) in [6, 6.07) is 10.4. The average Bonchev–Trinajstić information content (AvgIpc) is 3.13. The second-order valence-electron chi connectivity index (χ2n) is 11.4. The molecule has 6 N–H and O–H groups in total. The van der Waals surface area contributed by atoms with Gasteiger partial charge in [-0.05, 0) is 152 Å². The number of hydroxylamine groups is 2. The fourth-order valence-corrected chi connectivity index (χ4v) is 5.93. The molecule has 55 heavy (non-hydrogen) atoms. The van der Waals surface area contributed by atoms with Crippen LogP contribution in [0.2, 0.25) is 0 Å². The van der Waals surface area contributed by atoms with E-state index < -0.39 is 70.3 Å². The third-order valence-corrected chi connectivity index (χ3v) is 9.68. The van der Waals surface area contributed by atoms with E-state index in [1.165, 1.54) is 24.3 Å². The van der Waals surface area contributed by atoms with Crippen LogP contribution in [0.15, 0.2) is 57.5 Å². The molecule has 298 valence electrons. The number of carbonyl (C=O) groups excluding carboxylic acids is 2. The lowest BCUT2D eigenvalue weighted by Gasteiger charge is -2.15. The highest BCUT2D eigenvalue weighted by molar-refractivity contribution is 14.1. The van der Waals surface area contributed by atoms with Gasteiger partial charge in [-0.15, -0.1) is 0 Å². The van der Waals surface area contributed by atoms with Gasteiger partial charge in [0.1, 0.15) is 11.6 Å². The van der Waals surface area contributed by atoms with Crippen molar-refractivity contribution in [3.05, 3.63) is 111 Å². The maximum atomic E-state index is 14.5. The Bertz CT molecular complexity index is 2000. The van der Waals surface area contributed by atoms with Crippen molar-refractivity contribution in [3.8, 4) is 0 Å². The Morgan fingerprint density at radius 1 is 0.691 bits per heavy atom. The molecule has 0 saturated heterocycles. The van der Waals surface area contributed by atoms with Crippen LogP contribution in [0.1, 0.15) is 53.8 Å². The van der Waals surface area contributed by atoms with Gasteiger partial charge in [0.2, 0.25) is 0 Å². The summed E-state index contributed by atoms with van der Waals surface area (Å²) in [5.41, 5.74) is 2.29. The zero-order valence-electron chi connectivity index (χ0n) is 28.6. The van der Waals surface area contributed by atoms with Crippen LogP contribution in [0.5, 0.6) is 0 Å². The van der Waals surface area contributed by atoms with Crippen molar-refractivity contribution >= 4 is 112 Å². The molecule has 2 unspecified atom stereocenters. The predicted octanol–water partition coefficient (Wildman–Crippen LogP) is 9.68. The zero-order chi connectivity index (χ0) is 41.0. The number of benzene rings is 4. The van der Waals surface area contributed by atoms with Crippen LogP contribution in [0.3, 0.4) is 0 Å². The first-order valence-electron chi connectivity index (χ1n) is 15.9. The lowest BCUT2D eigenvalue weighted by Crippen LogP contribution is -2.26. The first-order chi connectivity index (χ1) is 25.9. The molecule has 4 aromatic carbocycles. The Kier molecular flexibility index (Phi) is 18.9. The van der Waals surface area contributed by atoms with E-state index in [0.29, 0.717) is 13.6 Å². The molecular formula is C35H32Br2F6I2N4O6. The Labute approximate surface area is 355 Å². The summed E-state index contributed by atoms with van der Waals surface area (Å²) in [6.45, 7) is 3.39. The SMILES string of the molecule is CC(O)CCONC(=O)c1cc(Br)c(F)c(F)c1Nc1ccc(I)cc1F.CCC(O)CCONC(=O)c1cc(Br)c(F)c(F)c1Nc1ccc(I)cc1F. The molecule has 20 heteroatoms. The molecule has 0 aliphatic carbocycles. The topological polar surface area (TPSA) is 141 Å². The predicted molar refractivity (Wildman–Crippen MR) is 217 cm³/mol. The van der Waals surface area contributed by atoms with Crippen LogP contribution in [0, 0.1) is 42.0 Å². The summed E-state index contributed by atoms with van der Waals surface area (Å²) in [5.74, 6) is -8.26. The van der Waals surface area contributed by atoms with Crippen molar-refractivity contribution in [1.29, 1.82) is 0 Å². The maximum absolute atomic E-state index is 14.5. The summed E-state index contributed by atoms with van der Waals surface area (Å²) < 4.78 is 85.7. The van der Waals surface area contributed by atoms with Gasteiger partial charge < -0.3 is 20.8 Å². The number of amides is 2. The van der Waals surface area contributed by atoms with E-state index >= 15 is 0 Å². The number of hydrogen-bond donors (Lipinski definition) is 6. The number of aliphatic hydroxyl groups is 2. The third kappa shape index (κ3) is 13.7. The molecule has 0 saturated carbocycles. The normalized spacial score (nSPS) is 12.0. The minimum Gasteiger partial charge on any atom is -0.393 e. The standard InChI is InChI=1S/C18H17BrF3IN2O3.C17H15BrF3IN2O3/c1-2-10(26)5-6-28-25-18(27)11-8-12(19)15(21)16(22)17(11)24-14-4-3-9(23)7-13(14)20;1-8(25)4-5-27-24-17(26)10-7-11(18)14(20)15(21)16(10)23-13-3-2-9(22)6-12(13)19/h3-4,7-8,10,24,26H,2,5-6H2,1H3,(H,25,27);2-3,6-8,23,25H,4-5H2,1H3,(H,24,26). The van der Waals surface area contributed by atoms with E-state index in [1.807, 2.05) is 45.2 Å². The van der Waals surface area contributed by atoms with Crippen molar-refractivity contribution in [3.63, 3.8) is 0 Å². The fraction of sp³-hybridized carbons (Fsp3) is 0.257. The molecule has 0 heterocycles. The van der Waals surface area contributed by atoms with Crippen molar-refractivity contribution in [2.75, 3.05) is 23.8 Å². The molecular weight excluding hydrogens is 1100 g/mol. The van der Waals surface area contributed by atoms with E-state index in [4.69, 9.17) is 14.8 Å². The summed E-state index contributed by atoms with van der Waals surface area (Å²) in [4.78, 5) is 34.6. The highest BCUT2D eigenvalue weighted by atomic mass is 127. The van der Waals surface area contributed by atoms with Gasteiger partial charge in [0.15, 0.2) is 23.3 Å². The van der Waals surface area contributed by atoms with Crippen LogP contribution >= 0.6 is 77.0 Å². The van der Waals surface area contributed by atoms with E-state index in [0.717, 1.165) is 12.1 Å². The maximum Gasteiger partial charge on any atom is 0.277 e. The molecule has 0 aromatic heterocycles. The Morgan fingerprint density at radius 3 is 1.45 bits per heavy atom. The number of halogens is 10. The van der Waals surface area contributed by atoms with E-state index in [9.17, 15) is 41.0 Å². The van der Waals surface area contributed by atoms with Gasteiger partial charge in [-0.1, -0.05) is 6.92 Å². The van der Waals surface area contributed by atoms with E-state index in [-0.39, 0.29) is 57.5 Å². The third-order valence-electron chi connectivity index (χ3n) is 7.19. The molecule has 0 spiro atoms. The number of rotatable bonds is 15. The summed E-state index contributed by atoms with van der Waals surface area (Å²) in [7, 11) is 0. The second-order valence-corrected chi connectivity index (χ2v) is 15.6. The molecule has 0 bridgehead atoms. The van der Waals surface area contributed by atoms with E-state index in [1.54, 1.807) is 26.0 Å². The first-order valence-corrected chi connectivity index (χ1v) is 19.7. The van der Waals surface area contributed by atoms with Crippen LogP contribution < -0.4 is 21.6 Å². The Hall–Kier alpha value is -2.74. The van der Waals surface area contributed by atoms with Crippen molar-refractivity contribution < 1.29 is 55.8 Å². The molecule has 2 amide bonds. The number of anilines is 4. The minimum atomic E-state index is -1.35. The molecule has 0 radical (unpaired) electrons. The summed E-state index contributed by atoms with van der Waals surface area (Å²) in [6.07, 6.45) is -0.114. The molecule has 4 rings (SSSR count). The van der Waals surface area contributed by atoms with Gasteiger partial charge in [-0.25, -0.2) is 37.3 Å². The molecule has 0 fully saturated rings. The number of hydrogen-bond acceptors (Lipinski definition) is 8. The molecule has 0 aliphatic heterocycles. The highest BCUT2D eigenvalue weighted by Crippen LogP contribution is 2.34. The Balaban J connectivity index is 0.000000296. The smallest absolute Gasteiger partial charge is 0.277 e. The zero-order valence-corrected chi connectivity index (χ0v) is 36.1. The second kappa shape index (κ2) is 22.3. The molecule has 10 nitrogen and oxygen atoms in total. The lowest BCUT2D eigenvalue weighted by molar-refractivity contribution is 0.0161. The minimum absolute atomic E-state index is 0.0166. The number of carbonyl (C=O) groups is 2. The summed E-state index contributed by atoms with van der Waals surface area (Å²) >= 11 is 9.50. The van der Waals surface area contributed by atoms with Crippen LogP contribution in [0.4, 0.5) is 49.1 Å². The van der Waals surface area contributed by atoms with Gasteiger partial charge in [0.05, 0.1) is 68.2 Å². The Morgan fingerprint density at radius 2 is 1.09 bits per heavy atom. The molecule has 2 atom stereocenters. The average molecular weight is 1130 g/mol. The quantitative estimate of drug-likeness (QED) is 0.0228. The van der Waals surface area contributed by atoms with Gasteiger partial charge in [0, 0.05) is 7.14 Å². The molecule has 4 aromatic rings. The number of aliphatic hydroxyl groups excluding tert-OH is 2. The van der Waals surface area contributed by atoms with Crippen molar-refractivity contribution in [2.24, 2.45) is 0 Å². The van der Waals surface area contributed by atoms with Gasteiger partial charge in [-0.3, -0.25) is 19.3 Å². The van der Waals surface area contributed by atoms with Crippen molar-refractivity contribution in [1.82, 2.24) is 11.0 Å². The summed E-state index contributed by atoms with van der Waals surface area (Å²) in [5, 5.41) is 23.5. The number of nitrogens with one attached hydrogen (secondary N) is 4. The van der Waals surface area contributed by atoms with Crippen LogP contribution in [-0.2, 0) is 9.68 Å². The monoisotopic (exact) mass is 1130 g/mol. The lowest BCUT2D eigenvalue weighted by atomic mass is 10.1. The van der Waals surface area contributed by atoms with Gasteiger partial charge >= 0.3 is 0 Å². The van der Waals surface area contributed by atoms with Crippen LogP contribution in [-0.4, -0.2) is 47.4 Å².